The smallest absolute Gasteiger partial charge is 0.317 e. The maximum atomic E-state index is 12.5. The van der Waals surface area contributed by atoms with E-state index in [4.69, 9.17) is 9.47 Å². The first kappa shape index (κ1) is 21.0. The molecule has 1 fully saturated rings. The van der Waals surface area contributed by atoms with E-state index in [1.165, 1.54) is 0 Å². The fourth-order valence-corrected chi connectivity index (χ4v) is 3.68. The van der Waals surface area contributed by atoms with Crippen LogP contribution in [0.2, 0.25) is 0 Å². The van der Waals surface area contributed by atoms with Crippen LogP contribution in [0.3, 0.4) is 0 Å². The molecule has 3 rings (SSSR count). The van der Waals surface area contributed by atoms with Gasteiger partial charge >= 0.3 is 6.03 Å². The highest BCUT2D eigenvalue weighted by atomic mass is 16.5. The number of amides is 2. The Labute approximate surface area is 172 Å². The summed E-state index contributed by atoms with van der Waals surface area (Å²) in [4.78, 5) is 14.4. The van der Waals surface area contributed by atoms with Gasteiger partial charge in [-0.15, -0.1) is 10.2 Å². The van der Waals surface area contributed by atoms with Gasteiger partial charge < -0.3 is 24.3 Å². The molecular formula is C21H31N5O3. The molecule has 1 aliphatic rings. The van der Waals surface area contributed by atoms with Crippen molar-refractivity contribution < 1.29 is 14.3 Å². The highest BCUT2D eigenvalue weighted by molar-refractivity contribution is 5.74. The van der Waals surface area contributed by atoms with Gasteiger partial charge in [-0.05, 0) is 50.8 Å². The van der Waals surface area contributed by atoms with Gasteiger partial charge in [-0.2, -0.15) is 0 Å². The number of carbonyl (C=O) groups excluding carboxylic acids is 1. The number of ether oxygens (including phenoxy) is 2. The Morgan fingerprint density at radius 1 is 1.17 bits per heavy atom. The molecule has 0 aliphatic carbocycles. The minimum Gasteiger partial charge on any atom is -0.490 e. The summed E-state index contributed by atoms with van der Waals surface area (Å²) in [6, 6.07) is 5.94. The number of urea groups is 1. The average Bonchev–Trinajstić information content (AvgIpc) is 3.16. The molecule has 2 heterocycles. The molecular weight excluding hydrogens is 370 g/mol. The summed E-state index contributed by atoms with van der Waals surface area (Å²) in [5, 5.41) is 11.2. The molecule has 29 heavy (non-hydrogen) atoms. The lowest BCUT2D eigenvalue weighted by Gasteiger charge is -2.31. The second-order valence-corrected chi connectivity index (χ2v) is 7.19. The zero-order valence-corrected chi connectivity index (χ0v) is 17.6. The number of aryl methyl sites for hydroxylation is 1. The Balaban J connectivity index is 1.45. The number of piperidine rings is 1. The van der Waals surface area contributed by atoms with Crippen LogP contribution in [-0.2, 0) is 13.5 Å². The summed E-state index contributed by atoms with van der Waals surface area (Å²) in [5.41, 5.74) is 1.11. The summed E-state index contributed by atoms with van der Waals surface area (Å²) in [6.45, 7) is 7.15. The van der Waals surface area contributed by atoms with E-state index < -0.39 is 0 Å². The van der Waals surface area contributed by atoms with Crippen molar-refractivity contribution in [2.45, 2.75) is 39.0 Å². The molecule has 8 nitrogen and oxygen atoms in total. The van der Waals surface area contributed by atoms with Gasteiger partial charge in [0, 0.05) is 32.6 Å². The van der Waals surface area contributed by atoms with Gasteiger partial charge in [0.25, 0.3) is 0 Å². The van der Waals surface area contributed by atoms with Crippen molar-refractivity contribution in [3.63, 3.8) is 0 Å². The Morgan fingerprint density at radius 3 is 2.55 bits per heavy atom. The minimum atomic E-state index is -0.00242. The first-order chi connectivity index (χ1) is 14.1. The monoisotopic (exact) mass is 401 g/mol. The summed E-state index contributed by atoms with van der Waals surface area (Å²) < 4.78 is 13.2. The molecule has 1 aliphatic heterocycles. The van der Waals surface area contributed by atoms with E-state index in [1.807, 2.05) is 48.6 Å². The topological polar surface area (TPSA) is 81.5 Å². The van der Waals surface area contributed by atoms with Crippen LogP contribution in [0.25, 0.3) is 0 Å². The van der Waals surface area contributed by atoms with Gasteiger partial charge in [-0.25, -0.2) is 4.79 Å². The van der Waals surface area contributed by atoms with E-state index in [2.05, 4.69) is 15.5 Å². The SMILES string of the molecule is CCOc1ccc(CCNC(=O)N2CCC(c3nncn3C)CC2)cc1OCC. The normalized spacial score (nSPS) is 14.7. The first-order valence-corrected chi connectivity index (χ1v) is 10.4. The van der Waals surface area contributed by atoms with Crippen LogP contribution in [-0.4, -0.2) is 58.5 Å². The van der Waals surface area contributed by atoms with Crippen molar-refractivity contribution in [1.29, 1.82) is 0 Å². The van der Waals surface area contributed by atoms with E-state index in [1.54, 1.807) is 6.33 Å². The molecule has 0 unspecified atom stereocenters. The van der Waals surface area contributed by atoms with Crippen molar-refractivity contribution in [2.24, 2.45) is 7.05 Å². The van der Waals surface area contributed by atoms with Crippen LogP contribution in [0.5, 0.6) is 11.5 Å². The number of aromatic nitrogens is 3. The molecule has 1 aromatic heterocycles. The maximum Gasteiger partial charge on any atom is 0.317 e. The quantitative estimate of drug-likeness (QED) is 0.736. The van der Waals surface area contributed by atoms with E-state index in [-0.39, 0.29) is 6.03 Å². The van der Waals surface area contributed by atoms with Crippen molar-refractivity contribution in [2.75, 3.05) is 32.8 Å². The predicted octanol–water partition coefficient (Wildman–Crippen LogP) is 2.74. The maximum absolute atomic E-state index is 12.5. The molecule has 8 heteroatoms. The van der Waals surface area contributed by atoms with Gasteiger partial charge in [-0.3, -0.25) is 0 Å². The Bertz CT molecular complexity index is 799. The molecule has 1 saturated heterocycles. The third-order valence-electron chi connectivity index (χ3n) is 5.19. The Morgan fingerprint density at radius 2 is 1.90 bits per heavy atom. The Hall–Kier alpha value is -2.77. The summed E-state index contributed by atoms with van der Waals surface area (Å²) >= 11 is 0. The van der Waals surface area contributed by atoms with E-state index in [0.717, 1.165) is 55.2 Å². The van der Waals surface area contributed by atoms with Gasteiger partial charge in [0.2, 0.25) is 0 Å². The number of benzene rings is 1. The van der Waals surface area contributed by atoms with Crippen molar-refractivity contribution in [1.82, 2.24) is 25.0 Å². The molecule has 2 amide bonds. The standard InChI is InChI=1S/C21H31N5O3/c1-4-28-18-7-6-16(14-19(18)29-5-2)8-11-22-21(27)26-12-9-17(10-13-26)20-24-23-15-25(20)3/h6-7,14-15,17H,4-5,8-13H2,1-3H3,(H,22,27). The van der Waals surface area contributed by atoms with E-state index in [0.29, 0.717) is 25.7 Å². The average molecular weight is 402 g/mol. The largest absolute Gasteiger partial charge is 0.490 e. The van der Waals surface area contributed by atoms with Crippen LogP contribution in [0.4, 0.5) is 4.79 Å². The zero-order valence-electron chi connectivity index (χ0n) is 17.6. The number of rotatable bonds is 8. The predicted molar refractivity (Wildman–Crippen MR) is 110 cm³/mol. The molecule has 1 aromatic carbocycles. The van der Waals surface area contributed by atoms with E-state index >= 15 is 0 Å². The number of carbonyl (C=O) groups is 1. The van der Waals surface area contributed by atoms with Crippen LogP contribution in [0.1, 0.15) is 44.0 Å². The highest BCUT2D eigenvalue weighted by Gasteiger charge is 2.26. The van der Waals surface area contributed by atoms with Gasteiger partial charge in [-0.1, -0.05) is 6.07 Å². The summed E-state index contributed by atoms with van der Waals surface area (Å²) in [6.07, 6.45) is 4.30. The lowest BCUT2D eigenvalue weighted by molar-refractivity contribution is 0.180. The third kappa shape index (κ3) is 5.40. The third-order valence-corrected chi connectivity index (χ3v) is 5.19. The van der Waals surface area contributed by atoms with Gasteiger partial charge in [0.05, 0.1) is 13.2 Å². The lowest BCUT2D eigenvalue weighted by atomic mass is 9.96. The minimum absolute atomic E-state index is 0.00242. The summed E-state index contributed by atoms with van der Waals surface area (Å²) in [5.74, 6) is 2.88. The molecule has 0 spiro atoms. The van der Waals surface area contributed by atoms with Crippen molar-refractivity contribution in [3.8, 4) is 11.5 Å². The second-order valence-electron chi connectivity index (χ2n) is 7.19. The molecule has 0 atom stereocenters. The number of hydrogen-bond donors (Lipinski definition) is 1. The van der Waals surface area contributed by atoms with Gasteiger partial charge in [0.15, 0.2) is 11.5 Å². The number of nitrogens with one attached hydrogen (secondary N) is 1. The molecule has 0 radical (unpaired) electrons. The fourth-order valence-electron chi connectivity index (χ4n) is 3.68. The van der Waals surface area contributed by atoms with Crippen LogP contribution in [0.15, 0.2) is 24.5 Å². The van der Waals surface area contributed by atoms with Crippen molar-refractivity contribution in [3.05, 3.63) is 35.9 Å². The lowest BCUT2D eigenvalue weighted by Crippen LogP contribution is -2.44. The van der Waals surface area contributed by atoms with Crippen LogP contribution < -0.4 is 14.8 Å². The molecule has 158 valence electrons. The molecule has 0 saturated carbocycles. The summed E-state index contributed by atoms with van der Waals surface area (Å²) in [7, 11) is 1.96. The highest BCUT2D eigenvalue weighted by Crippen LogP contribution is 2.29. The van der Waals surface area contributed by atoms with Crippen LogP contribution >= 0.6 is 0 Å². The molecule has 0 bridgehead atoms. The molecule has 1 N–H and O–H groups in total. The number of likely N-dealkylation sites (tertiary alicyclic amines) is 1. The van der Waals surface area contributed by atoms with Gasteiger partial charge in [0.1, 0.15) is 12.2 Å². The van der Waals surface area contributed by atoms with Crippen molar-refractivity contribution >= 4 is 6.03 Å². The second kappa shape index (κ2) is 10.1. The molecule has 2 aromatic rings. The first-order valence-electron chi connectivity index (χ1n) is 10.4. The van der Waals surface area contributed by atoms with E-state index in [9.17, 15) is 4.79 Å². The van der Waals surface area contributed by atoms with Crippen LogP contribution in [0, 0.1) is 0 Å². The zero-order chi connectivity index (χ0) is 20.6. The fraction of sp³-hybridized carbons (Fsp3) is 0.571. The number of hydrogen-bond acceptors (Lipinski definition) is 5. The number of nitrogens with zero attached hydrogens (tertiary/aromatic N) is 4. The Kier molecular flexibility index (Phi) is 7.32.